The number of ether oxygens (including phenoxy) is 2. The molecule has 0 aliphatic heterocycles. The number of rotatable bonds is 6. The Kier molecular flexibility index (Phi) is 5.34. The zero-order chi connectivity index (χ0) is 17.9. The maximum atomic E-state index is 12.6. The number of carbonyl (C=O) groups is 1. The third kappa shape index (κ3) is 4.19. The van der Waals surface area contributed by atoms with Crippen LogP contribution in [0.3, 0.4) is 0 Å². The van der Waals surface area contributed by atoms with Gasteiger partial charge in [0, 0.05) is 12.1 Å². The summed E-state index contributed by atoms with van der Waals surface area (Å²) in [5.41, 5.74) is 0.192. The van der Waals surface area contributed by atoms with Gasteiger partial charge in [0.15, 0.2) is 5.78 Å². The molecule has 0 amide bonds. The van der Waals surface area contributed by atoms with Gasteiger partial charge in [-0.3, -0.25) is 4.79 Å². The van der Waals surface area contributed by atoms with Crippen molar-refractivity contribution in [2.75, 3.05) is 0 Å². The fraction of sp³-hybridized carbons (Fsp3) is 0.316. The van der Waals surface area contributed by atoms with E-state index >= 15 is 0 Å². The highest BCUT2D eigenvalue weighted by molar-refractivity contribution is 6.12. The molecule has 0 unspecified atom stereocenters. The van der Waals surface area contributed by atoms with Gasteiger partial charge in [-0.2, -0.15) is 0 Å². The van der Waals surface area contributed by atoms with Crippen molar-refractivity contribution in [3.8, 4) is 23.0 Å². The van der Waals surface area contributed by atoms with Crippen LogP contribution in [0.15, 0.2) is 36.4 Å². The molecule has 0 aliphatic rings. The van der Waals surface area contributed by atoms with Crippen molar-refractivity contribution in [1.29, 1.82) is 0 Å². The van der Waals surface area contributed by atoms with Crippen molar-refractivity contribution in [3.63, 3.8) is 0 Å². The summed E-state index contributed by atoms with van der Waals surface area (Å²) in [5.74, 6) is 0.0882. The van der Waals surface area contributed by atoms with Crippen molar-refractivity contribution in [2.24, 2.45) is 0 Å². The molecule has 0 heterocycles. The SMILES string of the molecule is CC(C)Oc1ccc(C(=O)c2ccc(OC(C)C)cc2O)c(O)c1. The van der Waals surface area contributed by atoms with Crippen LogP contribution in [-0.2, 0) is 0 Å². The Bertz CT molecular complexity index is 673. The van der Waals surface area contributed by atoms with Crippen LogP contribution >= 0.6 is 0 Å². The van der Waals surface area contributed by atoms with Gasteiger partial charge in [0.2, 0.25) is 0 Å². The van der Waals surface area contributed by atoms with E-state index < -0.39 is 5.78 Å². The van der Waals surface area contributed by atoms with E-state index in [0.717, 1.165) is 0 Å². The first kappa shape index (κ1) is 17.7. The van der Waals surface area contributed by atoms with Crippen molar-refractivity contribution < 1.29 is 24.5 Å². The summed E-state index contributed by atoms with van der Waals surface area (Å²) in [4.78, 5) is 12.6. The van der Waals surface area contributed by atoms with Gasteiger partial charge >= 0.3 is 0 Å². The first-order valence-electron chi connectivity index (χ1n) is 7.82. The highest BCUT2D eigenvalue weighted by Gasteiger charge is 2.18. The number of phenols is 2. The lowest BCUT2D eigenvalue weighted by molar-refractivity contribution is 0.103. The van der Waals surface area contributed by atoms with Crippen molar-refractivity contribution >= 4 is 5.78 Å². The molecule has 0 saturated carbocycles. The fourth-order valence-corrected chi connectivity index (χ4v) is 2.24. The van der Waals surface area contributed by atoms with Gasteiger partial charge in [0.25, 0.3) is 0 Å². The minimum atomic E-state index is -0.475. The molecule has 24 heavy (non-hydrogen) atoms. The van der Waals surface area contributed by atoms with E-state index in [1.807, 2.05) is 27.7 Å². The Labute approximate surface area is 141 Å². The van der Waals surface area contributed by atoms with Crippen LogP contribution in [0.1, 0.15) is 43.6 Å². The molecule has 0 fully saturated rings. The average Bonchev–Trinajstić information content (AvgIpc) is 2.45. The lowest BCUT2D eigenvalue weighted by Crippen LogP contribution is -2.07. The molecule has 5 heteroatoms. The lowest BCUT2D eigenvalue weighted by atomic mass is 10.0. The van der Waals surface area contributed by atoms with Gasteiger partial charge < -0.3 is 19.7 Å². The van der Waals surface area contributed by atoms with Crippen LogP contribution in [0.5, 0.6) is 23.0 Å². The second kappa shape index (κ2) is 7.25. The monoisotopic (exact) mass is 330 g/mol. The van der Waals surface area contributed by atoms with Crippen molar-refractivity contribution in [2.45, 2.75) is 39.9 Å². The molecular formula is C19H22O5. The number of carbonyl (C=O) groups excluding carboxylic acids is 1. The van der Waals surface area contributed by atoms with Crippen LogP contribution < -0.4 is 9.47 Å². The number of hydrogen-bond acceptors (Lipinski definition) is 5. The smallest absolute Gasteiger partial charge is 0.200 e. The van der Waals surface area contributed by atoms with Gasteiger partial charge in [-0.1, -0.05) is 0 Å². The predicted octanol–water partition coefficient (Wildman–Crippen LogP) is 3.90. The standard InChI is InChI=1S/C19H22O5/c1-11(2)23-13-5-7-15(17(20)9-13)19(22)16-8-6-14(10-18(16)21)24-12(3)4/h5-12,20-21H,1-4H3. The normalized spacial score (nSPS) is 10.9. The molecule has 0 aliphatic carbocycles. The summed E-state index contributed by atoms with van der Waals surface area (Å²) < 4.78 is 10.9. The second-order valence-corrected chi connectivity index (χ2v) is 6.02. The molecule has 0 aromatic heterocycles. The topological polar surface area (TPSA) is 76.0 Å². The number of ketones is 1. The van der Waals surface area contributed by atoms with Crippen LogP contribution in [0.25, 0.3) is 0 Å². The van der Waals surface area contributed by atoms with Crippen LogP contribution in [-0.4, -0.2) is 28.2 Å². The maximum Gasteiger partial charge on any atom is 0.200 e. The number of hydrogen-bond donors (Lipinski definition) is 2. The molecular weight excluding hydrogens is 308 g/mol. The Balaban J connectivity index is 2.28. The van der Waals surface area contributed by atoms with E-state index in [2.05, 4.69) is 0 Å². The highest BCUT2D eigenvalue weighted by Crippen LogP contribution is 2.31. The Hall–Kier alpha value is -2.69. The summed E-state index contributed by atoms with van der Waals surface area (Å²) in [6, 6.07) is 8.96. The molecule has 2 aromatic carbocycles. The van der Waals surface area contributed by atoms with Crippen LogP contribution in [0.4, 0.5) is 0 Å². The molecule has 0 radical (unpaired) electrons. The molecule has 0 saturated heterocycles. The Morgan fingerprint density at radius 1 is 0.792 bits per heavy atom. The molecule has 0 atom stereocenters. The molecule has 2 N–H and O–H groups in total. The first-order chi connectivity index (χ1) is 11.3. The quantitative estimate of drug-likeness (QED) is 0.786. The van der Waals surface area contributed by atoms with Crippen molar-refractivity contribution in [1.82, 2.24) is 0 Å². The Morgan fingerprint density at radius 3 is 1.46 bits per heavy atom. The third-order valence-electron chi connectivity index (χ3n) is 3.17. The largest absolute Gasteiger partial charge is 0.507 e. The molecule has 0 bridgehead atoms. The minimum Gasteiger partial charge on any atom is -0.507 e. The van der Waals surface area contributed by atoms with Gasteiger partial charge in [-0.25, -0.2) is 0 Å². The van der Waals surface area contributed by atoms with Gasteiger partial charge in [-0.05, 0) is 52.0 Å². The molecule has 128 valence electrons. The van der Waals surface area contributed by atoms with Crippen LogP contribution in [0.2, 0.25) is 0 Å². The summed E-state index contributed by atoms with van der Waals surface area (Å²) in [7, 11) is 0. The van der Waals surface area contributed by atoms with Gasteiger partial charge in [-0.15, -0.1) is 0 Å². The van der Waals surface area contributed by atoms with E-state index in [9.17, 15) is 15.0 Å². The van der Waals surface area contributed by atoms with E-state index in [-0.39, 0.29) is 34.8 Å². The van der Waals surface area contributed by atoms with E-state index in [1.54, 1.807) is 12.1 Å². The van der Waals surface area contributed by atoms with E-state index in [4.69, 9.17) is 9.47 Å². The van der Waals surface area contributed by atoms with E-state index in [0.29, 0.717) is 11.5 Å². The summed E-state index contributed by atoms with van der Waals surface area (Å²) in [6.45, 7) is 7.48. The van der Waals surface area contributed by atoms with E-state index in [1.165, 1.54) is 24.3 Å². The molecule has 2 rings (SSSR count). The predicted molar refractivity (Wildman–Crippen MR) is 91.2 cm³/mol. The molecule has 0 spiro atoms. The highest BCUT2D eigenvalue weighted by atomic mass is 16.5. The summed E-state index contributed by atoms with van der Waals surface area (Å²) in [5, 5.41) is 20.2. The summed E-state index contributed by atoms with van der Waals surface area (Å²) >= 11 is 0. The third-order valence-corrected chi connectivity index (χ3v) is 3.17. The first-order valence-corrected chi connectivity index (χ1v) is 7.82. The lowest BCUT2D eigenvalue weighted by Gasteiger charge is -2.13. The fourth-order valence-electron chi connectivity index (χ4n) is 2.24. The summed E-state index contributed by atoms with van der Waals surface area (Å²) in [6.07, 6.45) is -0.0769. The second-order valence-electron chi connectivity index (χ2n) is 6.02. The Morgan fingerprint density at radius 2 is 1.17 bits per heavy atom. The van der Waals surface area contributed by atoms with Gasteiger partial charge in [0.1, 0.15) is 23.0 Å². The minimum absolute atomic E-state index is 0.0384. The zero-order valence-electron chi connectivity index (χ0n) is 14.2. The number of benzene rings is 2. The maximum absolute atomic E-state index is 12.6. The van der Waals surface area contributed by atoms with Crippen LogP contribution in [0, 0.1) is 0 Å². The van der Waals surface area contributed by atoms with Crippen molar-refractivity contribution in [3.05, 3.63) is 47.5 Å². The molecule has 2 aromatic rings. The molecule has 5 nitrogen and oxygen atoms in total. The van der Waals surface area contributed by atoms with Gasteiger partial charge in [0.05, 0.1) is 23.3 Å². The average molecular weight is 330 g/mol. The number of phenolic OH excluding ortho intramolecular Hbond substituents is 2. The number of aromatic hydroxyl groups is 2. The zero-order valence-corrected chi connectivity index (χ0v) is 14.2.